The molecule has 1 aliphatic heterocycles. The molecule has 0 unspecified atom stereocenters. The van der Waals surface area contributed by atoms with E-state index in [-0.39, 0.29) is 5.56 Å². The number of nitrogens with zero attached hydrogens (tertiary/aromatic N) is 4. The maximum absolute atomic E-state index is 11.9. The molecule has 0 saturated heterocycles. The Labute approximate surface area is 208 Å². The van der Waals surface area contributed by atoms with E-state index in [0.717, 1.165) is 58.7 Å². The Hall–Kier alpha value is -3.91. The van der Waals surface area contributed by atoms with Crippen molar-refractivity contribution in [1.29, 1.82) is 0 Å². The molecular weight excluding hydrogens is 432 g/mol. The number of benzene rings is 1. The monoisotopic (exact) mass is 466 g/mol. The third kappa shape index (κ3) is 5.78. The van der Waals surface area contributed by atoms with Gasteiger partial charge in [-0.3, -0.25) is 14.3 Å². The van der Waals surface area contributed by atoms with Gasteiger partial charge < -0.3 is 4.90 Å². The van der Waals surface area contributed by atoms with Gasteiger partial charge in [-0.15, -0.1) is 6.42 Å². The molecule has 0 amide bonds. The molecule has 5 heteroatoms. The van der Waals surface area contributed by atoms with E-state index in [4.69, 9.17) is 11.4 Å². The van der Waals surface area contributed by atoms with Crippen LogP contribution in [0.1, 0.15) is 55.4 Å². The minimum atomic E-state index is -0.0839. The summed E-state index contributed by atoms with van der Waals surface area (Å²) in [5.74, 6) is 3.37. The van der Waals surface area contributed by atoms with E-state index in [1.165, 1.54) is 28.8 Å². The maximum atomic E-state index is 11.9. The summed E-state index contributed by atoms with van der Waals surface area (Å²) in [6.45, 7) is 14.2. The Kier molecular flexibility index (Phi) is 8.43. The van der Waals surface area contributed by atoms with Gasteiger partial charge in [0.25, 0.3) is 5.56 Å². The van der Waals surface area contributed by atoms with Crippen molar-refractivity contribution < 1.29 is 0 Å². The van der Waals surface area contributed by atoms with Gasteiger partial charge >= 0.3 is 0 Å². The topological polar surface area (TPSA) is 51.0 Å². The van der Waals surface area contributed by atoms with E-state index >= 15 is 0 Å². The van der Waals surface area contributed by atoms with Crippen molar-refractivity contribution in [3.05, 3.63) is 99.1 Å². The van der Waals surface area contributed by atoms with E-state index < -0.39 is 0 Å². The average molecular weight is 467 g/mol. The Morgan fingerprint density at radius 2 is 2.00 bits per heavy atom. The van der Waals surface area contributed by atoms with Crippen molar-refractivity contribution in [2.45, 2.75) is 47.1 Å². The molecule has 0 bridgehead atoms. The van der Waals surface area contributed by atoms with E-state index in [2.05, 4.69) is 55.3 Å². The quantitative estimate of drug-likeness (QED) is 0.375. The van der Waals surface area contributed by atoms with Crippen molar-refractivity contribution in [3.8, 4) is 23.5 Å². The van der Waals surface area contributed by atoms with Crippen LogP contribution >= 0.6 is 0 Å². The average Bonchev–Trinajstić information content (AvgIpc) is 2.86. The molecular formula is C30H34N4O. The minimum Gasteiger partial charge on any atom is -0.367 e. The first-order valence-electron chi connectivity index (χ1n) is 12.0. The second-order valence-electron chi connectivity index (χ2n) is 8.81. The highest BCUT2D eigenvalue weighted by molar-refractivity contribution is 5.70. The first-order valence-corrected chi connectivity index (χ1v) is 12.0. The number of hydrogen-bond donors (Lipinski definition) is 0. The highest BCUT2D eigenvalue weighted by atomic mass is 16.1. The van der Waals surface area contributed by atoms with E-state index in [1.807, 2.05) is 31.3 Å². The fourth-order valence-electron chi connectivity index (χ4n) is 4.06. The van der Waals surface area contributed by atoms with Crippen LogP contribution < -0.4 is 5.56 Å². The summed E-state index contributed by atoms with van der Waals surface area (Å²) < 4.78 is 1.53. The van der Waals surface area contributed by atoms with Gasteiger partial charge in [0, 0.05) is 67.5 Å². The zero-order valence-corrected chi connectivity index (χ0v) is 21.4. The van der Waals surface area contributed by atoms with Crippen LogP contribution in [0, 0.1) is 19.3 Å². The molecule has 3 heterocycles. The normalized spacial score (nSPS) is 12.8. The molecule has 35 heavy (non-hydrogen) atoms. The third-order valence-electron chi connectivity index (χ3n) is 6.12. The van der Waals surface area contributed by atoms with Gasteiger partial charge in [-0.05, 0) is 54.3 Å². The molecule has 2 aromatic heterocycles. The second-order valence-corrected chi connectivity index (χ2v) is 8.81. The van der Waals surface area contributed by atoms with Crippen LogP contribution in [0.2, 0.25) is 0 Å². The number of pyridine rings is 1. The lowest BCUT2D eigenvalue weighted by Gasteiger charge is -2.32. The lowest BCUT2D eigenvalue weighted by atomic mass is 9.95. The summed E-state index contributed by atoms with van der Waals surface area (Å²) in [5.41, 5.74) is 8.30. The lowest BCUT2D eigenvalue weighted by molar-refractivity contribution is 0.326. The van der Waals surface area contributed by atoms with Crippen LogP contribution in [-0.2, 0) is 20.0 Å². The van der Waals surface area contributed by atoms with Crippen LogP contribution in [0.4, 0.5) is 0 Å². The molecule has 0 aliphatic carbocycles. The third-order valence-corrected chi connectivity index (χ3v) is 6.12. The highest BCUT2D eigenvalue weighted by Gasteiger charge is 2.20. The predicted octanol–water partition coefficient (Wildman–Crippen LogP) is 5.52. The number of terminal acetylenes is 1. The van der Waals surface area contributed by atoms with Gasteiger partial charge in [0.1, 0.15) is 5.82 Å². The van der Waals surface area contributed by atoms with Crippen LogP contribution in [0.3, 0.4) is 0 Å². The van der Waals surface area contributed by atoms with E-state index in [0.29, 0.717) is 5.82 Å². The molecule has 0 N–H and O–H groups in total. The Balaban J connectivity index is 0.00000108. The first kappa shape index (κ1) is 25.7. The van der Waals surface area contributed by atoms with Crippen molar-refractivity contribution in [1.82, 2.24) is 19.4 Å². The highest BCUT2D eigenvalue weighted by Crippen LogP contribution is 2.30. The molecule has 180 valence electrons. The molecule has 5 nitrogen and oxygen atoms in total. The van der Waals surface area contributed by atoms with Gasteiger partial charge in [-0.1, -0.05) is 44.9 Å². The minimum absolute atomic E-state index is 0.0839. The van der Waals surface area contributed by atoms with Gasteiger partial charge in [0.05, 0.1) is 0 Å². The van der Waals surface area contributed by atoms with Gasteiger partial charge in [0.15, 0.2) is 0 Å². The summed E-state index contributed by atoms with van der Waals surface area (Å²) >= 11 is 0. The van der Waals surface area contributed by atoms with Crippen molar-refractivity contribution in [2.24, 2.45) is 7.05 Å². The van der Waals surface area contributed by atoms with Crippen LogP contribution in [0.5, 0.6) is 0 Å². The smallest absolute Gasteiger partial charge is 0.253 e. The molecule has 0 spiro atoms. The lowest BCUT2D eigenvalue weighted by Crippen LogP contribution is -2.30. The SMILES string of the molecule is C#Cc1cccc(-c2cnc3c(c2)CN(C(=C)/C(C)=C\c2nccc(=O)n2C)CC3)c1C.CCC. The summed E-state index contributed by atoms with van der Waals surface area (Å²) in [7, 11) is 1.72. The molecule has 0 saturated carbocycles. The summed E-state index contributed by atoms with van der Waals surface area (Å²) in [6, 6.07) is 9.71. The first-order chi connectivity index (χ1) is 16.8. The molecule has 0 atom stereocenters. The molecule has 3 aromatic rings. The second kappa shape index (κ2) is 11.5. The Bertz CT molecular complexity index is 1360. The van der Waals surface area contributed by atoms with Crippen LogP contribution in [0.15, 0.2) is 65.4 Å². The van der Waals surface area contributed by atoms with Crippen LogP contribution in [0.25, 0.3) is 17.2 Å². The van der Waals surface area contributed by atoms with Gasteiger partial charge in [0.2, 0.25) is 0 Å². The van der Waals surface area contributed by atoms with Crippen molar-refractivity contribution in [3.63, 3.8) is 0 Å². The number of aromatic nitrogens is 3. The van der Waals surface area contributed by atoms with Crippen molar-refractivity contribution in [2.75, 3.05) is 6.54 Å². The summed E-state index contributed by atoms with van der Waals surface area (Å²) in [4.78, 5) is 23.2. The number of hydrogen-bond acceptors (Lipinski definition) is 4. The fourth-order valence-corrected chi connectivity index (χ4v) is 4.06. The Morgan fingerprint density at radius 1 is 1.26 bits per heavy atom. The predicted molar refractivity (Wildman–Crippen MR) is 145 cm³/mol. The van der Waals surface area contributed by atoms with Crippen molar-refractivity contribution >= 4 is 6.08 Å². The van der Waals surface area contributed by atoms with Gasteiger partial charge in [-0.25, -0.2) is 4.98 Å². The number of fused-ring (bicyclic) bond motifs is 1. The van der Waals surface area contributed by atoms with E-state index in [9.17, 15) is 4.79 Å². The fraction of sp³-hybridized carbons (Fsp3) is 0.300. The zero-order chi connectivity index (χ0) is 25.5. The van der Waals surface area contributed by atoms with E-state index in [1.54, 1.807) is 7.05 Å². The molecule has 4 rings (SSSR count). The summed E-state index contributed by atoms with van der Waals surface area (Å²) in [6.07, 6.45) is 13.1. The van der Waals surface area contributed by atoms with Crippen LogP contribution in [-0.4, -0.2) is 26.0 Å². The zero-order valence-electron chi connectivity index (χ0n) is 21.4. The summed E-state index contributed by atoms with van der Waals surface area (Å²) in [5, 5.41) is 0. The maximum Gasteiger partial charge on any atom is 0.253 e. The molecule has 0 radical (unpaired) electrons. The largest absolute Gasteiger partial charge is 0.367 e. The van der Waals surface area contributed by atoms with Gasteiger partial charge in [-0.2, -0.15) is 0 Å². The standard InChI is InChI=1S/C27H26N4O.C3H8/c1-6-21-8-7-9-24(19(21)3)22-15-23-17-31(13-11-25(23)29-16-22)20(4)18(2)14-26-28-12-10-27(32)30(26)5;1-3-2/h1,7-10,12,14-16H,4,11,13,17H2,2-3,5H3;3H2,1-2H3/b18-14-;. The number of rotatable bonds is 4. The Morgan fingerprint density at radius 3 is 2.71 bits per heavy atom. The molecule has 1 aliphatic rings. The molecule has 0 fully saturated rings. The molecule has 1 aromatic carbocycles. The number of allylic oxidation sites excluding steroid dienone is 1.